The van der Waals surface area contributed by atoms with Gasteiger partial charge in [-0.15, -0.1) is 11.8 Å². The van der Waals surface area contributed by atoms with Gasteiger partial charge >= 0.3 is 0 Å². The van der Waals surface area contributed by atoms with Gasteiger partial charge in [0.05, 0.1) is 12.9 Å². The summed E-state index contributed by atoms with van der Waals surface area (Å²) in [6, 6.07) is 16.9. The van der Waals surface area contributed by atoms with Crippen LogP contribution in [0.1, 0.15) is 34.5 Å². The van der Waals surface area contributed by atoms with Gasteiger partial charge < -0.3 is 4.74 Å². The van der Waals surface area contributed by atoms with Crippen LogP contribution < -0.4 is 4.74 Å². The summed E-state index contributed by atoms with van der Waals surface area (Å²) in [7, 11) is 1.62. The Hall–Kier alpha value is -2.07. The number of rotatable bonds is 8. The average molecular weight is 328 g/mol. The lowest BCUT2D eigenvalue weighted by atomic mass is 10.0. The minimum atomic E-state index is -0.0440. The van der Waals surface area contributed by atoms with Crippen LogP contribution in [0.25, 0.3) is 0 Å². The second-order valence-electron chi connectivity index (χ2n) is 5.27. The van der Waals surface area contributed by atoms with Gasteiger partial charge in [-0.1, -0.05) is 42.5 Å². The van der Waals surface area contributed by atoms with Crippen LogP contribution in [-0.2, 0) is 4.79 Å². The van der Waals surface area contributed by atoms with Crippen molar-refractivity contribution >= 4 is 23.3 Å². The molecule has 0 aliphatic rings. The summed E-state index contributed by atoms with van der Waals surface area (Å²) in [6.07, 6.45) is 0.369. The number of hydrogen-bond acceptors (Lipinski definition) is 4. The number of ketones is 2. The topological polar surface area (TPSA) is 43.4 Å². The molecule has 0 aromatic heterocycles. The van der Waals surface area contributed by atoms with Crippen molar-refractivity contribution in [3.63, 3.8) is 0 Å². The lowest BCUT2D eigenvalue weighted by Crippen LogP contribution is -2.07. The molecule has 0 fully saturated rings. The Labute approximate surface area is 141 Å². The van der Waals surface area contributed by atoms with E-state index in [0.717, 1.165) is 11.3 Å². The Kier molecular flexibility index (Phi) is 6.41. The van der Waals surface area contributed by atoms with E-state index in [-0.39, 0.29) is 16.8 Å². The van der Waals surface area contributed by atoms with Crippen molar-refractivity contribution < 1.29 is 14.3 Å². The average Bonchev–Trinajstić information content (AvgIpc) is 2.59. The van der Waals surface area contributed by atoms with Gasteiger partial charge in [-0.25, -0.2) is 0 Å². The van der Waals surface area contributed by atoms with Crippen molar-refractivity contribution in [1.82, 2.24) is 0 Å². The maximum atomic E-state index is 12.5. The van der Waals surface area contributed by atoms with Gasteiger partial charge in [0, 0.05) is 17.2 Å². The first-order chi connectivity index (χ1) is 11.1. The Morgan fingerprint density at radius 2 is 1.70 bits per heavy atom. The smallest absolute Gasteiger partial charge is 0.164 e. The summed E-state index contributed by atoms with van der Waals surface area (Å²) in [6.45, 7) is 1.57. The monoisotopic (exact) mass is 328 g/mol. The Balaban J connectivity index is 2.15. The molecule has 2 aromatic carbocycles. The van der Waals surface area contributed by atoms with Crippen molar-refractivity contribution in [2.24, 2.45) is 0 Å². The van der Waals surface area contributed by atoms with E-state index < -0.39 is 0 Å². The highest BCUT2D eigenvalue weighted by molar-refractivity contribution is 8.00. The van der Waals surface area contributed by atoms with Crippen LogP contribution in [0.4, 0.5) is 0 Å². The summed E-state index contributed by atoms with van der Waals surface area (Å²) < 4.78 is 5.17. The number of thioether (sulfide) groups is 1. The molecule has 23 heavy (non-hydrogen) atoms. The number of Topliss-reactive ketones (excluding diaryl/α,β-unsaturated/α-hetero) is 2. The van der Waals surface area contributed by atoms with E-state index in [1.807, 2.05) is 54.6 Å². The third-order valence-corrected chi connectivity index (χ3v) is 4.86. The fraction of sp³-hybridized carbons (Fsp3) is 0.263. The van der Waals surface area contributed by atoms with E-state index in [2.05, 4.69) is 0 Å². The number of methoxy groups -OCH3 is 1. The van der Waals surface area contributed by atoms with Crippen molar-refractivity contribution in [1.29, 1.82) is 0 Å². The highest BCUT2D eigenvalue weighted by atomic mass is 32.2. The maximum Gasteiger partial charge on any atom is 0.164 e. The Morgan fingerprint density at radius 1 is 1.04 bits per heavy atom. The molecule has 4 heteroatoms. The molecule has 120 valence electrons. The predicted molar refractivity (Wildman–Crippen MR) is 94.3 cm³/mol. The van der Waals surface area contributed by atoms with E-state index in [4.69, 9.17) is 4.74 Å². The Morgan fingerprint density at radius 3 is 2.26 bits per heavy atom. The summed E-state index contributed by atoms with van der Waals surface area (Å²) in [5.74, 6) is 1.38. The number of carbonyl (C=O) groups is 2. The van der Waals surface area contributed by atoms with Gasteiger partial charge in [-0.3, -0.25) is 9.59 Å². The molecule has 0 N–H and O–H groups in total. The molecule has 0 radical (unpaired) electrons. The van der Waals surface area contributed by atoms with Crippen LogP contribution >= 0.6 is 11.8 Å². The SMILES string of the molecule is COc1ccc(C(CC(=O)c2ccccc2)SCC(C)=O)cc1. The van der Waals surface area contributed by atoms with E-state index in [9.17, 15) is 9.59 Å². The molecule has 0 aliphatic heterocycles. The minimum absolute atomic E-state index is 0.0440. The molecule has 0 spiro atoms. The number of ether oxygens (including phenoxy) is 1. The Bertz CT molecular complexity index is 650. The van der Waals surface area contributed by atoms with E-state index in [1.54, 1.807) is 14.0 Å². The highest BCUT2D eigenvalue weighted by Gasteiger charge is 2.18. The molecular weight excluding hydrogens is 308 g/mol. The van der Waals surface area contributed by atoms with Crippen molar-refractivity contribution in [2.75, 3.05) is 12.9 Å². The summed E-state index contributed by atoms with van der Waals surface area (Å²) >= 11 is 1.51. The molecule has 1 atom stereocenters. The first-order valence-electron chi connectivity index (χ1n) is 7.43. The predicted octanol–water partition coefficient (Wildman–Crippen LogP) is 4.33. The van der Waals surface area contributed by atoms with Crippen LogP contribution in [0.2, 0.25) is 0 Å². The number of hydrogen-bond donors (Lipinski definition) is 0. The van der Waals surface area contributed by atoms with E-state index in [0.29, 0.717) is 17.7 Å². The molecule has 0 aliphatic carbocycles. The lowest BCUT2D eigenvalue weighted by molar-refractivity contribution is -0.114. The second-order valence-corrected chi connectivity index (χ2v) is 6.46. The summed E-state index contributed by atoms with van der Waals surface area (Å²) in [5, 5.41) is -0.0440. The molecule has 0 saturated carbocycles. The minimum Gasteiger partial charge on any atom is -0.497 e. The molecule has 0 bridgehead atoms. The van der Waals surface area contributed by atoms with E-state index >= 15 is 0 Å². The fourth-order valence-electron chi connectivity index (χ4n) is 2.22. The number of benzene rings is 2. The lowest BCUT2D eigenvalue weighted by Gasteiger charge is -2.16. The van der Waals surface area contributed by atoms with Crippen LogP contribution in [0.15, 0.2) is 54.6 Å². The summed E-state index contributed by atoms with van der Waals surface area (Å²) in [4.78, 5) is 23.8. The molecule has 0 amide bonds. The van der Waals surface area contributed by atoms with Gasteiger partial charge in [0.15, 0.2) is 5.78 Å². The standard InChI is InChI=1S/C19H20O3S/c1-14(20)13-23-19(16-8-10-17(22-2)11-9-16)12-18(21)15-6-4-3-5-7-15/h3-11,19H,12-13H2,1-2H3. The fourth-order valence-corrected chi connectivity index (χ4v) is 3.27. The molecule has 0 heterocycles. The third-order valence-electron chi connectivity index (χ3n) is 3.44. The van der Waals surface area contributed by atoms with Crippen molar-refractivity contribution in [2.45, 2.75) is 18.6 Å². The zero-order valence-electron chi connectivity index (χ0n) is 13.3. The van der Waals surface area contributed by atoms with Crippen LogP contribution in [0.3, 0.4) is 0 Å². The van der Waals surface area contributed by atoms with Gasteiger partial charge in [-0.05, 0) is 24.6 Å². The normalized spacial score (nSPS) is 11.7. The van der Waals surface area contributed by atoms with E-state index in [1.165, 1.54) is 11.8 Å². The molecule has 3 nitrogen and oxygen atoms in total. The molecular formula is C19H20O3S. The second kappa shape index (κ2) is 8.53. The van der Waals surface area contributed by atoms with Crippen molar-refractivity contribution in [3.05, 3.63) is 65.7 Å². The molecule has 2 rings (SSSR count). The van der Waals surface area contributed by atoms with Crippen LogP contribution in [0.5, 0.6) is 5.75 Å². The highest BCUT2D eigenvalue weighted by Crippen LogP contribution is 2.34. The maximum absolute atomic E-state index is 12.5. The van der Waals surface area contributed by atoms with Crippen molar-refractivity contribution in [3.8, 4) is 5.75 Å². The molecule has 1 unspecified atom stereocenters. The van der Waals surface area contributed by atoms with Gasteiger partial charge in [-0.2, -0.15) is 0 Å². The largest absolute Gasteiger partial charge is 0.497 e. The number of carbonyl (C=O) groups excluding carboxylic acids is 2. The quantitative estimate of drug-likeness (QED) is 0.676. The van der Waals surface area contributed by atoms with Crippen LogP contribution in [0, 0.1) is 0 Å². The molecule has 2 aromatic rings. The van der Waals surface area contributed by atoms with Gasteiger partial charge in [0.1, 0.15) is 11.5 Å². The first kappa shape index (κ1) is 17.3. The summed E-state index contributed by atoms with van der Waals surface area (Å²) in [5.41, 5.74) is 1.73. The van der Waals surface area contributed by atoms with Gasteiger partial charge in [0.25, 0.3) is 0 Å². The van der Waals surface area contributed by atoms with Crippen LogP contribution in [-0.4, -0.2) is 24.4 Å². The first-order valence-corrected chi connectivity index (χ1v) is 8.48. The zero-order valence-corrected chi connectivity index (χ0v) is 14.1. The molecule has 0 saturated heterocycles. The van der Waals surface area contributed by atoms with Gasteiger partial charge in [0.2, 0.25) is 0 Å². The third kappa shape index (κ3) is 5.25. The zero-order chi connectivity index (χ0) is 16.7.